The van der Waals surface area contributed by atoms with Crippen molar-refractivity contribution in [3.05, 3.63) is 24.0 Å². The lowest BCUT2D eigenvalue weighted by atomic mass is 10.3. The molecule has 0 saturated heterocycles. The number of sulfonamides is 1. The average Bonchev–Trinajstić information content (AvgIpc) is 2.28. The van der Waals surface area contributed by atoms with Crippen LogP contribution in [0.1, 0.15) is 0 Å². The number of nitrogen functional groups attached to an aromatic ring is 1. The number of halogens is 1. The van der Waals surface area contributed by atoms with Gasteiger partial charge in [-0.25, -0.2) is 17.5 Å². The smallest absolute Gasteiger partial charge is 0.243 e. The first-order chi connectivity index (χ1) is 8.47. The Labute approximate surface area is 105 Å². The summed E-state index contributed by atoms with van der Waals surface area (Å²) < 4.78 is 43.9. The molecular weight excluding hydrogens is 263 g/mol. The number of nitrogens with one attached hydrogen (secondary N) is 1. The molecule has 0 aromatic heterocycles. The molecule has 0 heterocycles. The monoisotopic (exact) mass is 278 g/mol. The molecule has 0 saturated carbocycles. The molecule has 0 radical (unpaired) electrons. The highest BCUT2D eigenvalue weighted by Crippen LogP contribution is 2.16. The zero-order valence-electron chi connectivity index (χ0n) is 9.60. The first-order valence-corrected chi connectivity index (χ1v) is 6.69. The fourth-order valence-electron chi connectivity index (χ4n) is 1.23. The lowest BCUT2D eigenvalue weighted by molar-refractivity contribution is 0.0961. The molecule has 0 amide bonds. The zero-order chi connectivity index (χ0) is 13.6. The van der Waals surface area contributed by atoms with Crippen molar-refractivity contribution in [1.82, 2.24) is 4.72 Å². The predicted molar refractivity (Wildman–Crippen MR) is 63.9 cm³/mol. The number of hydrogen-bond acceptors (Lipinski definition) is 5. The van der Waals surface area contributed by atoms with E-state index < -0.39 is 20.7 Å². The Morgan fingerprint density at radius 1 is 1.39 bits per heavy atom. The summed E-state index contributed by atoms with van der Waals surface area (Å²) in [6.07, 6.45) is 0. The van der Waals surface area contributed by atoms with Crippen LogP contribution in [0.5, 0.6) is 0 Å². The molecule has 8 heteroatoms. The van der Waals surface area contributed by atoms with Crippen LogP contribution in [0.25, 0.3) is 0 Å². The maximum Gasteiger partial charge on any atom is 0.243 e. The molecule has 4 N–H and O–H groups in total. The van der Waals surface area contributed by atoms with Crippen LogP contribution in [0.2, 0.25) is 0 Å². The number of ether oxygens (including phenoxy) is 1. The Kier molecular flexibility index (Phi) is 5.48. The predicted octanol–water partition coefficient (Wildman–Crippen LogP) is -0.305. The Balaban J connectivity index is 2.63. The molecule has 1 aromatic carbocycles. The third-order valence-corrected chi connectivity index (χ3v) is 3.51. The van der Waals surface area contributed by atoms with E-state index >= 15 is 0 Å². The van der Waals surface area contributed by atoms with E-state index in [0.29, 0.717) is 0 Å². The summed E-state index contributed by atoms with van der Waals surface area (Å²) >= 11 is 0. The van der Waals surface area contributed by atoms with Crippen LogP contribution in [0, 0.1) is 5.82 Å². The lowest BCUT2D eigenvalue weighted by Crippen LogP contribution is -2.28. The number of benzene rings is 1. The summed E-state index contributed by atoms with van der Waals surface area (Å²) in [7, 11) is -3.92. The largest absolute Gasteiger partial charge is 0.399 e. The fraction of sp³-hybridized carbons (Fsp3) is 0.400. The van der Waals surface area contributed by atoms with Crippen LogP contribution in [-0.4, -0.2) is 39.9 Å². The number of nitrogens with two attached hydrogens (primary N) is 1. The second-order valence-corrected chi connectivity index (χ2v) is 5.16. The third-order valence-electron chi connectivity index (χ3n) is 2.02. The molecule has 0 aliphatic carbocycles. The van der Waals surface area contributed by atoms with Crippen LogP contribution in [0.15, 0.2) is 23.1 Å². The molecule has 1 rings (SSSR count). The molecule has 0 atom stereocenters. The van der Waals surface area contributed by atoms with Crippen LogP contribution < -0.4 is 10.5 Å². The minimum Gasteiger partial charge on any atom is -0.399 e. The standard InChI is InChI=1S/C10H15FN2O4S/c11-9-7-8(12)1-2-10(9)18(15,16)13-3-5-17-6-4-14/h1-2,7,13-14H,3-6,12H2. The van der Waals surface area contributed by atoms with Crippen molar-refractivity contribution >= 4 is 15.7 Å². The molecule has 1 aromatic rings. The van der Waals surface area contributed by atoms with E-state index in [4.69, 9.17) is 15.6 Å². The highest BCUT2D eigenvalue weighted by atomic mass is 32.2. The van der Waals surface area contributed by atoms with Gasteiger partial charge in [0.15, 0.2) is 0 Å². The van der Waals surface area contributed by atoms with Gasteiger partial charge in [-0.05, 0) is 18.2 Å². The van der Waals surface area contributed by atoms with Crippen molar-refractivity contribution in [3.63, 3.8) is 0 Å². The number of hydrogen-bond donors (Lipinski definition) is 3. The molecule has 0 aliphatic rings. The molecular formula is C10H15FN2O4S. The molecule has 0 fully saturated rings. The molecule has 0 bridgehead atoms. The van der Waals surface area contributed by atoms with Gasteiger partial charge in [0.1, 0.15) is 10.7 Å². The van der Waals surface area contributed by atoms with Crippen molar-refractivity contribution in [1.29, 1.82) is 0 Å². The normalized spacial score (nSPS) is 11.7. The van der Waals surface area contributed by atoms with E-state index in [1.807, 2.05) is 0 Å². The van der Waals surface area contributed by atoms with Crippen molar-refractivity contribution in [2.24, 2.45) is 0 Å². The van der Waals surface area contributed by atoms with E-state index in [2.05, 4.69) is 4.72 Å². The van der Waals surface area contributed by atoms with Gasteiger partial charge >= 0.3 is 0 Å². The van der Waals surface area contributed by atoms with E-state index in [0.717, 1.165) is 12.1 Å². The maximum atomic E-state index is 13.4. The first kappa shape index (κ1) is 14.8. The number of aliphatic hydroxyl groups is 1. The van der Waals surface area contributed by atoms with Gasteiger partial charge in [0.25, 0.3) is 0 Å². The Bertz CT molecular complexity index is 493. The highest BCUT2D eigenvalue weighted by Gasteiger charge is 2.18. The number of anilines is 1. The zero-order valence-corrected chi connectivity index (χ0v) is 10.4. The van der Waals surface area contributed by atoms with Gasteiger partial charge in [-0.2, -0.15) is 0 Å². The van der Waals surface area contributed by atoms with Gasteiger partial charge in [0.05, 0.1) is 19.8 Å². The molecule has 6 nitrogen and oxygen atoms in total. The molecule has 0 unspecified atom stereocenters. The molecule has 0 spiro atoms. The topological polar surface area (TPSA) is 102 Å². The third kappa shape index (κ3) is 4.22. The van der Waals surface area contributed by atoms with Gasteiger partial charge in [-0.3, -0.25) is 0 Å². The maximum absolute atomic E-state index is 13.4. The molecule has 0 aliphatic heterocycles. The average molecular weight is 278 g/mol. The van der Waals surface area contributed by atoms with Crippen molar-refractivity contribution in [3.8, 4) is 0 Å². The van der Waals surface area contributed by atoms with Crippen molar-refractivity contribution in [2.45, 2.75) is 4.90 Å². The Morgan fingerprint density at radius 3 is 2.72 bits per heavy atom. The molecule has 18 heavy (non-hydrogen) atoms. The summed E-state index contributed by atoms with van der Waals surface area (Å²) in [5.74, 6) is -0.904. The van der Waals surface area contributed by atoms with Crippen LogP contribution in [0.3, 0.4) is 0 Å². The number of aliphatic hydroxyl groups excluding tert-OH is 1. The second kappa shape index (κ2) is 6.64. The van der Waals surface area contributed by atoms with E-state index in [-0.39, 0.29) is 32.1 Å². The second-order valence-electron chi connectivity index (χ2n) is 3.42. The Hall–Kier alpha value is -1.22. The summed E-state index contributed by atoms with van der Waals surface area (Å²) in [5, 5.41) is 8.44. The highest BCUT2D eigenvalue weighted by molar-refractivity contribution is 7.89. The van der Waals surface area contributed by atoms with E-state index in [1.54, 1.807) is 0 Å². The van der Waals surface area contributed by atoms with Crippen molar-refractivity contribution < 1.29 is 22.7 Å². The van der Waals surface area contributed by atoms with Gasteiger partial charge in [-0.1, -0.05) is 0 Å². The SMILES string of the molecule is Nc1ccc(S(=O)(=O)NCCOCCO)c(F)c1. The summed E-state index contributed by atoms with van der Waals surface area (Å²) in [5.41, 5.74) is 5.48. The van der Waals surface area contributed by atoms with E-state index in [1.165, 1.54) is 6.07 Å². The van der Waals surface area contributed by atoms with Crippen molar-refractivity contribution in [2.75, 3.05) is 32.1 Å². The summed E-state index contributed by atoms with van der Waals surface area (Å²) in [4.78, 5) is -0.459. The minimum absolute atomic E-state index is 0.00779. The van der Waals surface area contributed by atoms with Crippen LogP contribution >= 0.6 is 0 Å². The van der Waals surface area contributed by atoms with Gasteiger partial charge < -0.3 is 15.6 Å². The van der Waals surface area contributed by atoms with Gasteiger partial charge in [-0.15, -0.1) is 0 Å². The van der Waals surface area contributed by atoms with E-state index in [9.17, 15) is 12.8 Å². The summed E-state index contributed by atoms with van der Waals surface area (Å²) in [6.45, 7) is 0.0693. The number of rotatable bonds is 7. The molecule has 102 valence electrons. The van der Waals surface area contributed by atoms with Crippen LogP contribution in [0.4, 0.5) is 10.1 Å². The first-order valence-electron chi connectivity index (χ1n) is 5.20. The van der Waals surface area contributed by atoms with Gasteiger partial charge in [0, 0.05) is 12.2 Å². The van der Waals surface area contributed by atoms with Gasteiger partial charge in [0.2, 0.25) is 10.0 Å². The lowest BCUT2D eigenvalue weighted by Gasteiger charge is -2.08. The van der Waals surface area contributed by atoms with Crippen LogP contribution in [-0.2, 0) is 14.8 Å². The fourth-order valence-corrected chi connectivity index (χ4v) is 2.30. The summed E-state index contributed by atoms with van der Waals surface area (Å²) in [6, 6.07) is 3.35. The Morgan fingerprint density at radius 2 is 2.11 bits per heavy atom. The minimum atomic E-state index is -3.92. The quantitative estimate of drug-likeness (QED) is 0.469.